The summed E-state index contributed by atoms with van der Waals surface area (Å²) in [5.41, 5.74) is 0. The largest absolute Gasteiger partial charge is 0.0914 e. The summed E-state index contributed by atoms with van der Waals surface area (Å²) >= 11 is 0. The van der Waals surface area contributed by atoms with Gasteiger partial charge in [0.15, 0.2) is 0 Å². The Balaban J connectivity index is 2.86. The van der Waals surface area contributed by atoms with E-state index in [0.717, 1.165) is 35.5 Å². The Morgan fingerprint density at radius 3 is 1.36 bits per heavy atom. The summed E-state index contributed by atoms with van der Waals surface area (Å²) in [4.78, 5) is 0. The zero-order valence-electron chi connectivity index (χ0n) is 10.6. The Morgan fingerprint density at radius 1 is 0.643 bits per heavy atom. The fourth-order valence-electron chi connectivity index (χ4n) is 3.19. The highest BCUT2D eigenvalue weighted by Gasteiger charge is 2.39. The minimum atomic E-state index is 0.793. The van der Waals surface area contributed by atoms with Crippen LogP contribution in [0.4, 0.5) is 0 Å². The van der Waals surface area contributed by atoms with E-state index in [-0.39, 0.29) is 0 Å². The van der Waals surface area contributed by atoms with E-state index >= 15 is 0 Å². The molecule has 0 aromatic carbocycles. The number of hydrogen-bond acceptors (Lipinski definition) is 0. The van der Waals surface area contributed by atoms with Gasteiger partial charge in [0.1, 0.15) is 0 Å². The van der Waals surface area contributed by atoms with Gasteiger partial charge in [0.25, 0.3) is 0 Å². The Hall–Kier alpha value is -0.260. The highest BCUT2D eigenvalue weighted by atomic mass is 14.4. The number of allylic oxidation sites excluding steroid dienone is 2. The monoisotopic (exact) mass is 194 g/mol. The zero-order valence-corrected chi connectivity index (χ0v) is 10.6. The van der Waals surface area contributed by atoms with Crippen molar-refractivity contribution < 1.29 is 0 Å². The fourth-order valence-corrected chi connectivity index (χ4v) is 3.19. The zero-order chi connectivity index (χ0) is 10.9. The Bertz CT molecular complexity index is 188. The van der Waals surface area contributed by atoms with E-state index in [1.165, 1.54) is 0 Å². The lowest BCUT2D eigenvalue weighted by Gasteiger charge is -2.46. The molecule has 0 nitrogen and oxygen atoms in total. The van der Waals surface area contributed by atoms with Crippen LogP contribution in [0, 0.1) is 35.5 Å². The van der Waals surface area contributed by atoms with Gasteiger partial charge in [-0.15, -0.1) is 0 Å². The lowest BCUT2D eigenvalue weighted by atomic mass is 9.59. The summed E-state index contributed by atoms with van der Waals surface area (Å²) in [7, 11) is 0. The van der Waals surface area contributed by atoms with Gasteiger partial charge in [-0.25, -0.2) is 0 Å². The summed E-state index contributed by atoms with van der Waals surface area (Å²) in [6.45, 7) is 14.3. The van der Waals surface area contributed by atoms with Crippen molar-refractivity contribution in [2.45, 2.75) is 41.5 Å². The third-order valence-electron chi connectivity index (χ3n) is 4.95. The maximum Gasteiger partial charge on any atom is -0.0177 e. The summed E-state index contributed by atoms with van der Waals surface area (Å²) in [6.07, 6.45) is 4.65. The normalized spacial score (nSPS) is 49.9. The van der Waals surface area contributed by atoms with E-state index in [0.29, 0.717) is 0 Å². The third kappa shape index (κ3) is 1.89. The van der Waals surface area contributed by atoms with Crippen LogP contribution in [0.1, 0.15) is 41.5 Å². The summed E-state index contributed by atoms with van der Waals surface area (Å²) in [6, 6.07) is 0. The van der Waals surface area contributed by atoms with Crippen molar-refractivity contribution in [3.8, 4) is 0 Å². The molecule has 0 amide bonds. The van der Waals surface area contributed by atoms with Crippen LogP contribution in [0.15, 0.2) is 12.2 Å². The summed E-state index contributed by atoms with van der Waals surface area (Å²) in [5, 5.41) is 0. The second-order valence-corrected chi connectivity index (χ2v) is 5.40. The van der Waals surface area contributed by atoms with Crippen LogP contribution in [0.5, 0.6) is 0 Å². The first kappa shape index (κ1) is 11.8. The van der Waals surface area contributed by atoms with Crippen molar-refractivity contribution in [3.63, 3.8) is 0 Å². The average Bonchev–Trinajstić information content (AvgIpc) is 2.19. The van der Waals surface area contributed by atoms with Crippen LogP contribution in [0.25, 0.3) is 0 Å². The number of rotatable bonds is 1. The highest BCUT2D eigenvalue weighted by Crippen LogP contribution is 2.45. The van der Waals surface area contributed by atoms with Crippen LogP contribution < -0.4 is 0 Å². The highest BCUT2D eigenvalue weighted by molar-refractivity contribution is 4.98. The molecule has 0 aliphatic heterocycles. The first-order valence-electron chi connectivity index (χ1n) is 6.13. The fraction of sp³-hybridized carbons (Fsp3) is 0.857. The molecule has 1 aliphatic carbocycles. The molecule has 0 N–H and O–H groups in total. The van der Waals surface area contributed by atoms with Crippen molar-refractivity contribution >= 4 is 0 Å². The molecule has 14 heavy (non-hydrogen) atoms. The maximum absolute atomic E-state index is 2.42. The molecule has 82 valence electrons. The quantitative estimate of drug-likeness (QED) is 0.544. The third-order valence-corrected chi connectivity index (χ3v) is 4.95. The van der Waals surface area contributed by atoms with Gasteiger partial charge < -0.3 is 0 Å². The minimum Gasteiger partial charge on any atom is -0.0914 e. The van der Waals surface area contributed by atoms with Gasteiger partial charge in [-0.3, -0.25) is 0 Å². The molecule has 0 heteroatoms. The van der Waals surface area contributed by atoms with Crippen LogP contribution in [0.2, 0.25) is 0 Å². The van der Waals surface area contributed by atoms with E-state index in [9.17, 15) is 0 Å². The van der Waals surface area contributed by atoms with Gasteiger partial charge in [-0.1, -0.05) is 46.8 Å². The van der Waals surface area contributed by atoms with Gasteiger partial charge in [-0.05, 0) is 42.4 Å². The molecule has 0 heterocycles. The van der Waals surface area contributed by atoms with Crippen molar-refractivity contribution in [2.75, 3.05) is 0 Å². The van der Waals surface area contributed by atoms with E-state index < -0.39 is 0 Å². The van der Waals surface area contributed by atoms with Gasteiger partial charge in [0, 0.05) is 0 Å². The van der Waals surface area contributed by atoms with Crippen LogP contribution in [0.3, 0.4) is 0 Å². The molecular weight excluding hydrogens is 168 g/mol. The molecule has 1 rings (SSSR count). The molecule has 1 aliphatic rings. The molecule has 0 bridgehead atoms. The smallest absolute Gasteiger partial charge is 0.0177 e. The minimum absolute atomic E-state index is 0.793. The predicted octanol–water partition coefficient (Wildman–Crippen LogP) is 4.37. The van der Waals surface area contributed by atoms with Crippen LogP contribution >= 0.6 is 0 Å². The predicted molar refractivity (Wildman–Crippen MR) is 64.1 cm³/mol. The lowest BCUT2D eigenvalue weighted by molar-refractivity contribution is 0.0444. The average molecular weight is 194 g/mol. The van der Waals surface area contributed by atoms with E-state index in [1.807, 2.05) is 0 Å². The van der Waals surface area contributed by atoms with Gasteiger partial charge >= 0.3 is 0 Å². The number of hydrogen-bond donors (Lipinski definition) is 0. The van der Waals surface area contributed by atoms with Crippen molar-refractivity contribution in [3.05, 3.63) is 12.2 Å². The van der Waals surface area contributed by atoms with Crippen LogP contribution in [-0.4, -0.2) is 0 Å². The van der Waals surface area contributed by atoms with E-state index in [4.69, 9.17) is 0 Å². The van der Waals surface area contributed by atoms with Gasteiger partial charge in [0.2, 0.25) is 0 Å². The summed E-state index contributed by atoms with van der Waals surface area (Å²) < 4.78 is 0. The molecule has 1 saturated carbocycles. The lowest BCUT2D eigenvalue weighted by Crippen LogP contribution is -2.40. The first-order chi connectivity index (χ1) is 6.50. The Morgan fingerprint density at radius 2 is 1.00 bits per heavy atom. The maximum atomic E-state index is 2.42. The second kappa shape index (κ2) is 4.51. The van der Waals surface area contributed by atoms with Crippen molar-refractivity contribution in [1.29, 1.82) is 0 Å². The Labute approximate surface area is 89.8 Å². The summed E-state index contributed by atoms with van der Waals surface area (Å²) in [5.74, 6) is 5.08. The second-order valence-electron chi connectivity index (χ2n) is 5.40. The molecule has 1 fully saturated rings. The molecule has 0 radical (unpaired) electrons. The van der Waals surface area contributed by atoms with Gasteiger partial charge in [-0.2, -0.15) is 0 Å². The van der Waals surface area contributed by atoms with Gasteiger partial charge in [0.05, 0.1) is 0 Å². The molecular formula is C14H26. The van der Waals surface area contributed by atoms with E-state index in [1.54, 1.807) is 0 Å². The van der Waals surface area contributed by atoms with Crippen molar-refractivity contribution in [2.24, 2.45) is 35.5 Å². The standard InChI is InChI=1S/C14H26/c1-7-8-14-12(5)10(3)9(2)11(4)13(14)6/h7-14H,1-6H3/b8-7+. The SMILES string of the molecule is C/C=C/C1C(C)C(C)C(C)C(C)C1C. The Kier molecular flexibility index (Phi) is 3.80. The molecule has 4 atom stereocenters. The van der Waals surface area contributed by atoms with Crippen LogP contribution in [-0.2, 0) is 0 Å². The molecule has 0 spiro atoms. The molecule has 0 aromatic heterocycles. The topological polar surface area (TPSA) is 0 Å². The van der Waals surface area contributed by atoms with E-state index in [2.05, 4.69) is 53.7 Å². The molecule has 4 unspecified atom stereocenters. The molecule has 0 saturated heterocycles. The first-order valence-corrected chi connectivity index (χ1v) is 6.13. The van der Waals surface area contributed by atoms with Crippen molar-refractivity contribution in [1.82, 2.24) is 0 Å². The molecule has 0 aromatic rings.